The maximum atomic E-state index is 12.0. The zero-order valence-electron chi connectivity index (χ0n) is 16.2. The van der Waals surface area contributed by atoms with E-state index in [1.807, 2.05) is 12.1 Å². The molecule has 10 heteroatoms. The maximum Gasteiger partial charge on any atom is 0.329 e. The second-order valence-corrected chi connectivity index (χ2v) is 6.78. The molecule has 2 rings (SSSR count). The average molecular weight is 477 g/mol. The van der Waals surface area contributed by atoms with Crippen LogP contribution >= 0.6 is 15.9 Å². The first kappa shape index (κ1) is 23.0. The monoisotopic (exact) mass is 476 g/mol. The summed E-state index contributed by atoms with van der Waals surface area (Å²) < 4.78 is 11.2. The summed E-state index contributed by atoms with van der Waals surface area (Å²) in [6, 6.07) is 13.9. The van der Waals surface area contributed by atoms with Gasteiger partial charge in [-0.3, -0.25) is 14.4 Å². The zero-order chi connectivity index (χ0) is 21.8. The molecule has 0 saturated carbocycles. The van der Waals surface area contributed by atoms with Crippen LogP contribution in [0.5, 0.6) is 5.75 Å². The van der Waals surface area contributed by atoms with Crippen LogP contribution in [-0.2, 0) is 19.1 Å². The summed E-state index contributed by atoms with van der Waals surface area (Å²) in [7, 11) is 1.49. The Hall–Kier alpha value is -3.24. The van der Waals surface area contributed by atoms with E-state index in [1.54, 1.807) is 36.4 Å². The van der Waals surface area contributed by atoms with Crippen molar-refractivity contribution < 1.29 is 23.9 Å². The lowest BCUT2D eigenvalue weighted by atomic mass is 10.2. The number of hydrazone groups is 1. The van der Waals surface area contributed by atoms with Gasteiger partial charge >= 0.3 is 11.8 Å². The molecule has 0 radical (unpaired) electrons. The maximum absolute atomic E-state index is 12.0. The Balaban J connectivity index is 1.80. The van der Waals surface area contributed by atoms with Crippen molar-refractivity contribution in [3.63, 3.8) is 0 Å². The molecule has 0 aliphatic heterocycles. The number of nitrogens with zero attached hydrogens (tertiary/aromatic N) is 1. The number of ether oxygens (including phenoxy) is 2. The molecule has 3 amide bonds. The lowest BCUT2D eigenvalue weighted by Gasteiger charge is -2.08. The van der Waals surface area contributed by atoms with Gasteiger partial charge in [-0.2, -0.15) is 5.10 Å². The summed E-state index contributed by atoms with van der Waals surface area (Å²) in [6.07, 6.45) is 1.36. The van der Waals surface area contributed by atoms with Gasteiger partial charge in [-0.1, -0.05) is 28.1 Å². The fourth-order valence-corrected chi connectivity index (χ4v) is 2.39. The van der Waals surface area contributed by atoms with E-state index in [2.05, 4.69) is 37.1 Å². The van der Waals surface area contributed by atoms with Crippen molar-refractivity contribution in [1.29, 1.82) is 0 Å². The molecule has 30 heavy (non-hydrogen) atoms. The van der Waals surface area contributed by atoms with Crippen LogP contribution in [-0.4, -0.2) is 50.8 Å². The molecule has 2 aromatic carbocycles. The summed E-state index contributed by atoms with van der Waals surface area (Å²) in [5, 5.41) is 8.84. The van der Waals surface area contributed by atoms with Crippen molar-refractivity contribution in [2.75, 3.05) is 32.2 Å². The molecule has 0 aliphatic carbocycles. The summed E-state index contributed by atoms with van der Waals surface area (Å²) >= 11 is 3.33. The lowest BCUT2D eigenvalue weighted by molar-refractivity contribution is -0.139. The normalized spacial score (nSPS) is 10.5. The van der Waals surface area contributed by atoms with Crippen LogP contribution in [0.15, 0.2) is 58.1 Å². The summed E-state index contributed by atoms with van der Waals surface area (Å²) in [5.41, 5.74) is 3.40. The molecular weight excluding hydrogens is 456 g/mol. The summed E-state index contributed by atoms with van der Waals surface area (Å²) in [5.74, 6) is -1.55. The molecule has 0 atom stereocenters. The van der Waals surface area contributed by atoms with Gasteiger partial charge in [0, 0.05) is 23.8 Å². The van der Waals surface area contributed by atoms with E-state index in [9.17, 15) is 14.4 Å². The SMILES string of the molecule is COCCNC(=O)C(=O)N/N=C\c1cccc(OCC(=O)Nc2ccc(Br)cc2)c1. The molecule has 0 spiro atoms. The highest BCUT2D eigenvalue weighted by Crippen LogP contribution is 2.15. The second-order valence-electron chi connectivity index (χ2n) is 5.86. The highest BCUT2D eigenvalue weighted by molar-refractivity contribution is 9.10. The highest BCUT2D eigenvalue weighted by atomic mass is 79.9. The van der Waals surface area contributed by atoms with E-state index >= 15 is 0 Å². The molecule has 2 aromatic rings. The molecule has 3 N–H and O–H groups in total. The minimum absolute atomic E-state index is 0.172. The molecular formula is C20H21BrN4O5. The average Bonchev–Trinajstić information content (AvgIpc) is 2.74. The van der Waals surface area contributed by atoms with Gasteiger partial charge in [0.15, 0.2) is 6.61 Å². The minimum Gasteiger partial charge on any atom is -0.484 e. The molecule has 158 valence electrons. The van der Waals surface area contributed by atoms with Gasteiger partial charge in [0.05, 0.1) is 12.8 Å². The van der Waals surface area contributed by atoms with Crippen molar-refractivity contribution in [3.05, 3.63) is 58.6 Å². The number of carbonyl (C=O) groups is 3. The Kier molecular flexibility index (Phi) is 9.49. The number of rotatable bonds is 9. The van der Waals surface area contributed by atoms with Crippen LogP contribution in [0.4, 0.5) is 5.69 Å². The van der Waals surface area contributed by atoms with Crippen LogP contribution in [0.1, 0.15) is 5.56 Å². The number of carbonyl (C=O) groups excluding carboxylic acids is 3. The van der Waals surface area contributed by atoms with E-state index in [0.29, 0.717) is 23.6 Å². The second kappa shape index (κ2) is 12.3. The van der Waals surface area contributed by atoms with Gasteiger partial charge in [0.1, 0.15) is 5.75 Å². The highest BCUT2D eigenvalue weighted by Gasteiger charge is 2.11. The Morgan fingerprint density at radius 3 is 2.60 bits per heavy atom. The Morgan fingerprint density at radius 2 is 1.87 bits per heavy atom. The van der Waals surface area contributed by atoms with Gasteiger partial charge in [0.25, 0.3) is 5.91 Å². The molecule has 0 heterocycles. The number of hydrogen-bond acceptors (Lipinski definition) is 6. The Labute approximate surface area is 182 Å². The fraction of sp³-hybridized carbons (Fsp3) is 0.200. The van der Waals surface area contributed by atoms with E-state index in [-0.39, 0.29) is 19.1 Å². The number of benzene rings is 2. The molecule has 0 bridgehead atoms. The van der Waals surface area contributed by atoms with E-state index in [0.717, 1.165) is 4.47 Å². The van der Waals surface area contributed by atoms with Crippen LogP contribution < -0.4 is 20.8 Å². The number of methoxy groups -OCH3 is 1. The topological polar surface area (TPSA) is 118 Å². The predicted octanol–water partition coefficient (Wildman–Crippen LogP) is 1.68. The van der Waals surface area contributed by atoms with Gasteiger partial charge in [-0.15, -0.1) is 0 Å². The van der Waals surface area contributed by atoms with Crippen molar-refractivity contribution >= 4 is 45.6 Å². The number of hydrogen-bond donors (Lipinski definition) is 3. The van der Waals surface area contributed by atoms with Crippen LogP contribution in [0.25, 0.3) is 0 Å². The third-order valence-electron chi connectivity index (χ3n) is 3.53. The summed E-state index contributed by atoms with van der Waals surface area (Å²) in [4.78, 5) is 35.1. The smallest absolute Gasteiger partial charge is 0.329 e. The molecule has 0 fully saturated rings. The molecule has 0 unspecified atom stereocenters. The standard InChI is InChI=1S/C20H21BrN4O5/c1-29-10-9-22-19(27)20(28)25-23-12-14-3-2-4-17(11-14)30-13-18(26)24-16-7-5-15(21)6-8-16/h2-8,11-12H,9-10,13H2,1H3,(H,22,27)(H,24,26)(H,25,28)/b23-12-. The first-order valence-corrected chi connectivity index (χ1v) is 9.65. The van der Waals surface area contributed by atoms with E-state index in [1.165, 1.54) is 13.3 Å². The van der Waals surface area contributed by atoms with E-state index in [4.69, 9.17) is 9.47 Å². The fourth-order valence-electron chi connectivity index (χ4n) is 2.13. The lowest BCUT2D eigenvalue weighted by Crippen LogP contribution is -2.39. The van der Waals surface area contributed by atoms with Gasteiger partial charge < -0.3 is 20.1 Å². The van der Waals surface area contributed by atoms with Gasteiger partial charge in [-0.25, -0.2) is 5.43 Å². The van der Waals surface area contributed by atoms with E-state index < -0.39 is 11.8 Å². The van der Waals surface area contributed by atoms with Crippen LogP contribution in [0.3, 0.4) is 0 Å². The van der Waals surface area contributed by atoms with Crippen LogP contribution in [0.2, 0.25) is 0 Å². The van der Waals surface area contributed by atoms with Crippen molar-refractivity contribution in [1.82, 2.24) is 10.7 Å². The molecule has 9 nitrogen and oxygen atoms in total. The van der Waals surface area contributed by atoms with Gasteiger partial charge in [-0.05, 0) is 42.0 Å². The number of anilines is 1. The number of halogens is 1. The summed E-state index contributed by atoms with van der Waals surface area (Å²) in [6.45, 7) is 0.354. The largest absolute Gasteiger partial charge is 0.484 e. The van der Waals surface area contributed by atoms with Crippen molar-refractivity contribution in [3.8, 4) is 5.75 Å². The zero-order valence-corrected chi connectivity index (χ0v) is 17.8. The van der Waals surface area contributed by atoms with Crippen molar-refractivity contribution in [2.24, 2.45) is 5.10 Å². The van der Waals surface area contributed by atoms with Gasteiger partial charge in [0.2, 0.25) is 0 Å². The third-order valence-corrected chi connectivity index (χ3v) is 4.06. The quantitative estimate of drug-likeness (QED) is 0.220. The number of nitrogens with one attached hydrogen (secondary N) is 3. The first-order chi connectivity index (χ1) is 14.5. The number of amides is 3. The Bertz CT molecular complexity index is 902. The molecule has 0 aromatic heterocycles. The third kappa shape index (κ3) is 8.41. The first-order valence-electron chi connectivity index (χ1n) is 8.86. The predicted molar refractivity (Wildman–Crippen MR) is 115 cm³/mol. The van der Waals surface area contributed by atoms with Crippen molar-refractivity contribution in [2.45, 2.75) is 0 Å². The molecule has 0 saturated heterocycles. The Morgan fingerprint density at radius 1 is 1.10 bits per heavy atom. The molecule has 0 aliphatic rings. The minimum atomic E-state index is -0.889. The van der Waals surface area contributed by atoms with Crippen LogP contribution in [0, 0.1) is 0 Å².